The van der Waals surface area contributed by atoms with Crippen LogP contribution >= 0.6 is 15.9 Å². The van der Waals surface area contributed by atoms with Gasteiger partial charge >= 0.3 is 0 Å². The van der Waals surface area contributed by atoms with Crippen molar-refractivity contribution in [2.45, 2.75) is 12.3 Å². The maximum atomic E-state index is 8.88. The van der Waals surface area contributed by atoms with Crippen LogP contribution in [-0.4, -0.2) is 39.1 Å². The number of hydrogen-bond donors (Lipinski definition) is 1. The molecule has 0 unspecified atom stereocenters. The quantitative estimate of drug-likeness (QED) is 0.849. The minimum absolute atomic E-state index is 0.334. The number of methoxy groups -OCH3 is 2. The van der Waals surface area contributed by atoms with E-state index in [9.17, 15) is 0 Å². The van der Waals surface area contributed by atoms with Gasteiger partial charge in [0.05, 0.1) is 13.2 Å². The molecule has 2 atom stereocenters. The summed E-state index contributed by atoms with van der Waals surface area (Å²) in [4.78, 5) is 0. The van der Waals surface area contributed by atoms with Gasteiger partial charge in [0.15, 0.2) is 0 Å². The fourth-order valence-electron chi connectivity index (χ4n) is 1.73. The summed E-state index contributed by atoms with van der Waals surface area (Å²) in [7, 11) is 3.30. The third-order valence-electron chi connectivity index (χ3n) is 2.95. The Kier molecular flexibility index (Phi) is 7.51. The largest absolute Gasteiger partial charge is 0.396 e. The summed E-state index contributed by atoms with van der Waals surface area (Å²) in [6.45, 7) is 1.72. The molecule has 0 aliphatic heterocycles. The van der Waals surface area contributed by atoms with Crippen LogP contribution in [0, 0.1) is 5.92 Å². The highest BCUT2D eigenvalue weighted by atomic mass is 79.9. The molecule has 102 valence electrons. The van der Waals surface area contributed by atoms with Crippen LogP contribution < -0.4 is 0 Å². The summed E-state index contributed by atoms with van der Waals surface area (Å²) in [5.41, 5.74) is 1.36. The van der Waals surface area contributed by atoms with E-state index in [1.54, 1.807) is 14.2 Å². The fourth-order valence-corrected chi connectivity index (χ4v) is 2.00. The molecule has 0 amide bonds. The molecule has 0 radical (unpaired) electrons. The van der Waals surface area contributed by atoms with Crippen molar-refractivity contribution in [3.8, 4) is 0 Å². The predicted molar refractivity (Wildman–Crippen MR) is 75.8 cm³/mol. The Bertz CT molecular complexity index is 322. The molecule has 0 bridgehead atoms. The van der Waals surface area contributed by atoms with Gasteiger partial charge in [-0.25, -0.2) is 0 Å². The van der Waals surface area contributed by atoms with Gasteiger partial charge in [0, 0.05) is 25.3 Å². The molecule has 1 fully saturated rings. The predicted octanol–water partition coefficient (Wildman–Crippen LogP) is 2.82. The van der Waals surface area contributed by atoms with Gasteiger partial charge in [-0.15, -0.1) is 0 Å². The molecule has 1 aliphatic rings. The normalized spacial score (nSPS) is 21.1. The third-order valence-corrected chi connectivity index (χ3v) is 3.48. The molecular formula is C14H21BrO3. The summed E-state index contributed by atoms with van der Waals surface area (Å²) in [6, 6.07) is 8.37. The number of benzene rings is 1. The molecular weight excluding hydrogens is 296 g/mol. The van der Waals surface area contributed by atoms with Crippen LogP contribution in [0.4, 0.5) is 0 Å². The molecule has 0 saturated heterocycles. The molecule has 1 aromatic carbocycles. The van der Waals surface area contributed by atoms with Crippen molar-refractivity contribution in [3.05, 3.63) is 34.3 Å². The van der Waals surface area contributed by atoms with Gasteiger partial charge in [-0.05, 0) is 36.0 Å². The second-order valence-corrected chi connectivity index (χ2v) is 5.24. The number of hydrogen-bond acceptors (Lipinski definition) is 3. The van der Waals surface area contributed by atoms with Crippen LogP contribution in [0.25, 0.3) is 0 Å². The van der Waals surface area contributed by atoms with Gasteiger partial charge < -0.3 is 14.6 Å². The first kappa shape index (κ1) is 15.6. The van der Waals surface area contributed by atoms with Crippen LogP contribution in [-0.2, 0) is 9.47 Å². The minimum Gasteiger partial charge on any atom is -0.396 e. The SMILES string of the molecule is COCCOC.OC[C@@H]1C[C@H]1c1ccc(Br)cc1. The average molecular weight is 317 g/mol. The molecule has 0 spiro atoms. The maximum absolute atomic E-state index is 8.88. The summed E-state index contributed by atoms with van der Waals surface area (Å²) >= 11 is 3.40. The van der Waals surface area contributed by atoms with Gasteiger partial charge in [-0.2, -0.15) is 0 Å². The smallest absolute Gasteiger partial charge is 0.0696 e. The summed E-state index contributed by atoms with van der Waals surface area (Å²) in [5, 5.41) is 8.88. The number of halogens is 1. The van der Waals surface area contributed by atoms with Crippen molar-refractivity contribution in [1.82, 2.24) is 0 Å². The highest BCUT2D eigenvalue weighted by Gasteiger charge is 2.37. The second kappa shape index (κ2) is 8.64. The first-order chi connectivity index (χ1) is 8.72. The van der Waals surface area contributed by atoms with Crippen LogP contribution in [0.1, 0.15) is 17.9 Å². The molecule has 18 heavy (non-hydrogen) atoms. The van der Waals surface area contributed by atoms with Gasteiger partial charge in [-0.3, -0.25) is 0 Å². The highest BCUT2D eigenvalue weighted by Crippen LogP contribution is 2.46. The molecule has 4 heteroatoms. The van der Waals surface area contributed by atoms with Gasteiger partial charge in [0.25, 0.3) is 0 Å². The van der Waals surface area contributed by atoms with E-state index < -0.39 is 0 Å². The Morgan fingerprint density at radius 2 is 1.72 bits per heavy atom. The average Bonchev–Trinajstić information content (AvgIpc) is 3.17. The van der Waals surface area contributed by atoms with Crippen LogP contribution in [0.15, 0.2) is 28.7 Å². The Morgan fingerprint density at radius 3 is 2.11 bits per heavy atom. The van der Waals surface area contributed by atoms with E-state index in [1.165, 1.54) is 5.56 Å². The first-order valence-corrected chi connectivity index (χ1v) is 6.86. The van der Waals surface area contributed by atoms with E-state index >= 15 is 0 Å². The van der Waals surface area contributed by atoms with Gasteiger partial charge in [0.1, 0.15) is 0 Å². The second-order valence-electron chi connectivity index (χ2n) is 4.32. The Balaban J connectivity index is 0.000000232. The van der Waals surface area contributed by atoms with Crippen LogP contribution in [0.5, 0.6) is 0 Å². The fraction of sp³-hybridized carbons (Fsp3) is 0.571. The van der Waals surface area contributed by atoms with Gasteiger partial charge in [-0.1, -0.05) is 28.1 Å². The summed E-state index contributed by atoms with van der Waals surface area (Å²) in [5.74, 6) is 1.13. The number of aliphatic hydroxyl groups is 1. The number of aliphatic hydroxyl groups excluding tert-OH is 1. The number of ether oxygens (including phenoxy) is 2. The molecule has 1 aliphatic carbocycles. The zero-order valence-corrected chi connectivity index (χ0v) is 12.5. The highest BCUT2D eigenvalue weighted by molar-refractivity contribution is 9.10. The van der Waals surface area contributed by atoms with Crippen LogP contribution in [0.3, 0.4) is 0 Å². The molecule has 2 rings (SSSR count). The van der Waals surface area contributed by atoms with E-state index in [0.717, 1.165) is 10.9 Å². The first-order valence-electron chi connectivity index (χ1n) is 6.07. The van der Waals surface area contributed by atoms with Crippen molar-refractivity contribution in [2.24, 2.45) is 5.92 Å². The summed E-state index contributed by atoms with van der Waals surface area (Å²) in [6.07, 6.45) is 1.15. The molecule has 1 saturated carbocycles. The van der Waals surface area contributed by atoms with Crippen molar-refractivity contribution in [2.75, 3.05) is 34.0 Å². The Hall–Kier alpha value is -0.420. The lowest BCUT2D eigenvalue weighted by Gasteiger charge is -1.98. The van der Waals surface area contributed by atoms with E-state index in [0.29, 0.717) is 31.7 Å². The van der Waals surface area contributed by atoms with Crippen molar-refractivity contribution < 1.29 is 14.6 Å². The van der Waals surface area contributed by atoms with Crippen molar-refractivity contribution in [1.29, 1.82) is 0 Å². The van der Waals surface area contributed by atoms with E-state index in [4.69, 9.17) is 5.11 Å². The number of rotatable bonds is 5. The Labute approximate surface area is 117 Å². The lowest BCUT2D eigenvalue weighted by molar-refractivity contribution is 0.103. The van der Waals surface area contributed by atoms with Gasteiger partial charge in [0.2, 0.25) is 0 Å². The molecule has 0 aromatic heterocycles. The zero-order chi connectivity index (χ0) is 13.4. The third kappa shape index (κ3) is 5.48. The monoisotopic (exact) mass is 316 g/mol. The topological polar surface area (TPSA) is 38.7 Å². The molecule has 3 nitrogen and oxygen atoms in total. The molecule has 1 aromatic rings. The van der Waals surface area contributed by atoms with Crippen LogP contribution in [0.2, 0.25) is 0 Å². The van der Waals surface area contributed by atoms with E-state index in [1.807, 2.05) is 0 Å². The maximum Gasteiger partial charge on any atom is 0.0696 e. The Morgan fingerprint density at radius 1 is 1.17 bits per heavy atom. The van der Waals surface area contributed by atoms with E-state index in [2.05, 4.69) is 49.7 Å². The van der Waals surface area contributed by atoms with E-state index in [-0.39, 0.29) is 0 Å². The lowest BCUT2D eigenvalue weighted by atomic mass is 10.1. The molecule has 1 N–H and O–H groups in total. The zero-order valence-electron chi connectivity index (χ0n) is 10.9. The van der Waals surface area contributed by atoms with Crippen molar-refractivity contribution in [3.63, 3.8) is 0 Å². The summed E-state index contributed by atoms with van der Waals surface area (Å²) < 4.78 is 10.4. The molecule has 0 heterocycles. The standard InChI is InChI=1S/C10H11BrO.C4H10O2/c11-9-3-1-7(2-4-9)10-5-8(10)6-12;1-5-3-4-6-2/h1-4,8,10,12H,5-6H2;3-4H2,1-2H3/t8-,10-;/m0./s1. The lowest BCUT2D eigenvalue weighted by Crippen LogP contribution is -1.96. The van der Waals surface area contributed by atoms with Crippen molar-refractivity contribution >= 4 is 15.9 Å². The minimum atomic E-state index is 0.334.